The predicted octanol–water partition coefficient (Wildman–Crippen LogP) is 4.37. The van der Waals surface area contributed by atoms with E-state index in [0.29, 0.717) is 30.0 Å². The van der Waals surface area contributed by atoms with Gasteiger partial charge < -0.3 is 14.5 Å². The van der Waals surface area contributed by atoms with Gasteiger partial charge in [-0.25, -0.2) is 4.98 Å². The van der Waals surface area contributed by atoms with Crippen molar-refractivity contribution in [1.82, 2.24) is 30.2 Å². The topological polar surface area (TPSA) is 108 Å². The van der Waals surface area contributed by atoms with Gasteiger partial charge in [0.25, 0.3) is 5.56 Å². The van der Waals surface area contributed by atoms with E-state index >= 15 is 0 Å². The molecule has 3 aromatic heterocycles. The molecule has 6 rings (SSSR count). The van der Waals surface area contributed by atoms with E-state index in [9.17, 15) is 4.79 Å². The summed E-state index contributed by atoms with van der Waals surface area (Å²) in [7, 11) is 1.60. The number of hydrogen-bond acceptors (Lipinski definition) is 7. The largest absolute Gasteiger partial charge is 0.497 e. The molecule has 0 spiro atoms. The van der Waals surface area contributed by atoms with Crippen LogP contribution in [0.4, 0.5) is 0 Å². The molecule has 3 aromatic carbocycles. The van der Waals surface area contributed by atoms with Gasteiger partial charge >= 0.3 is 0 Å². The highest BCUT2D eigenvalue weighted by Gasteiger charge is 2.12. The Morgan fingerprint density at radius 3 is 2.59 bits per heavy atom. The summed E-state index contributed by atoms with van der Waals surface area (Å²) in [5, 5.41) is 14.6. The highest BCUT2D eigenvalue weighted by Crippen LogP contribution is 2.21. The van der Waals surface area contributed by atoms with E-state index in [1.807, 2.05) is 66.7 Å². The molecule has 9 nitrogen and oxygen atoms in total. The Morgan fingerprint density at radius 2 is 1.73 bits per heavy atom. The number of benzene rings is 3. The van der Waals surface area contributed by atoms with E-state index in [-0.39, 0.29) is 11.4 Å². The summed E-state index contributed by atoms with van der Waals surface area (Å²) in [5.74, 6) is 1.70. The second kappa shape index (κ2) is 9.54. The van der Waals surface area contributed by atoms with Crippen LogP contribution < -0.4 is 15.0 Å². The number of para-hydroxylation sites is 1. The number of fused-ring (bicyclic) bond motifs is 2. The summed E-state index contributed by atoms with van der Waals surface area (Å²) in [4.78, 5) is 21.6. The molecule has 37 heavy (non-hydrogen) atoms. The first-order chi connectivity index (χ1) is 18.1. The van der Waals surface area contributed by atoms with Crippen molar-refractivity contribution in [3.8, 4) is 22.9 Å². The minimum Gasteiger partial charge on any atom is -0.497 e. The van der Waals surface area contributed by atoms with Crippen LogP contribution in [0.2, 0.25) is 0 Å². The molecule has 0 saturated heterocycles. The molecule has 1 N–H and O–H groups in total. The molecule has 0 saturated carbocycles. The van der Waals surface area contributed by atoms with Crippen LogP contribution in [-0.2, 0) is 13.2 Å². The first kappa shape index (κ1) is 22.4. The van der Waals surface area contributed by atoms with Crippen LogP contribution in [0, 0.1) is 0 Å². The van der Waals surface area contributed by atoms with Crippen LogP contribution in [-0.4, -0.2) is 37.3 Å². The zero-order chi connectivity index (χ0) is 25.2. The molecule has 0 bridgehead atoms. The number of ether oxygens (including phenoxy) is 2. The highest BCUT2D eigenvalue weighted by molar-refractivity contribution is 5.83. The number of H-pyrrole nitrogens is 1. The number of pyridine rings is 2. The fourth-order valence-electron chi connectivity index (χ4n) is 4.10. The fourth-order valence-corrected chi connectivity index (χ4v) is 4.10. The summed E-state index contributed by atoms with van der Waals surface area (Å²) < 4.78 is 11.2. The zero-order valence-corrected chi connectivity index (χ0v) is 20.0. The van der Waals surface area contributed by atoms with Crippen molar-refractivity contribution in [2.24, 2.45) is 0 Å². The first-order valence-corrected chi connectivity index (χ1v) is 11.7. The van der Waals surface area contributed by atoms with Crippen molar-refractivity contribution in [2.45, 2.75) is 13.2 Å². The summed E-state index contributed by atoms with van der Waals surface area (Å²) in [5.41, 5.74) is 3.56. The lowest BCUT2D eigenvalue weighted by atomic mass is 10.1. The van der Waals surface area contributed by atoms with E-state index in [4.69, 9.17) is 9.47 Å². The maximum atomic E-state index is 12.6. The van der Waals surface area contributed by atoms with E-state index in [1.54, 1.807) is 25.3 Å². The van der Waals surface area contributed by atoms with E-state index in [0.717, 1.165) is 33.3 Å². The molecule has 0 unspecified atom stereocenters. The van der Waals surface area contributed by atoms with Crippen molar-refractivity contribution in [2.75, 3.05) is 7.11 Å². The van der Waals surface area contributed by atoms with Crippen molar-refractivity contribution in [3.05, 3.63) is 107 Å². The van der Waals surface area contributed by atoms with Gasteiger partial charge in [0.1, 0.15) is 18.1 Å². The lowest BCUT2D eigenvalue weighted by Crippen LogP contribution is -2.10. The van der Waals surface area contributed by atoms with Crippen molar-refractivity contribution >= 4 is 21.8 Å². The smallest absolute Gasteiger partial charge is 0.259 e. The molecule has 182 valence electrons. The van der Waals surface area contributed by atoms with Gasteiger partial charge in [-0.2, -0.15) is 4.80 Å². The highest BCUT2D eigenvalue weighted by atomic mass is 16.5. The molecular weight excluding hydrogens is 468 g/mol. The predicted molar refractivity (Wildman–Crippen MR) is 140 cm³/mol. The van der Waals surface area contributed by atoms with E-state index in [2.05, 4.69) is 25.4 Å². The summed E-state index contributed by atoms with van der Waals surface area (Å²) in [6, 6.07) is 26.9. The van der Waals surface area contributed by atoms with Crippen molar-refractivity contribution in [1.29, 1.82) is 0 Å². The van der Waals surface area contributed by atoms with Gasteiger partial charge in [-0.1, -0.05) is 36.4 Å². The molecule has 9 heteroatoms. The van der Waals surface area contributed by atoms with Gasteiger partial charge in [-0.3, -0.25) is 4.79 Å². The van der Waals surface area contributed by atoms with Crippen LogP contribution in [0.5, 0.6) is 11.5 Å². The van der Waals surface area contributed by atoms with Gasteiger partial charge in [-0.05, 0) is 59.3 Å². The number of nitrogens with one attached hydrogen (secondary N) is 1. The summed E-state index contributed by atoms with van der Waals surface area (Å²) >= 11 is 0. The van der Waals surface area contributed by atoms with Gasteiger partial charge in [0.05, 0.1) is 30.4 Å². The van der Waals surface area contributed by atoms with Crippen molar-refractivity contribution < 1.29 is 9.47 Å². The number of aromatic amines is 1. The normalized spacial score (nSPS) is 11.2. The SMILES string of the molecule is COc1ccc2[nH]c(=O)c(-c3nnn(Cc4ccc(OCc5ccc6ccccc6n5)cc4)n3)cc2c1. The van der Waals surface area contributed by atoms with Gasteiger partial charge in [0.15, 0.2) is 0 Å². The molecule has 6 aromatic rings. The van der Waals surface area contributed by atoms with Crippen LogP contribution in [0.3, 0.4) is 0 Å². The third-order valence-corrected chi connectivity index (χ3v) is 6.04. The minimum atomic E-state index is -0.278. The Bertz CT molecular complexity index is 1780. The third-order valence-electron chi connectivity index (χ3n) is 6.04. The summed E-state index contributed by atoms with van der Waals surface area (Å²) in [6.07, 6.45) is 0. The Morgan fingerprint density at radius 1 is 0.892 bits per heavy atom. The van der Waals surface area contributed by atoms with Crippen LogP contribution in [0.1, 0.15) is 11.3 Å². The Hall–Kier alpha value is -5.05. The second-order valence-electron chi connectivity index (χ2n) is 8.54. The molecule has 0 amide bonds. The Labute approximate surface area is 211 Å². The number of nitrogens with zero attached hydrogens (tertiary/aromatic N) is 5. The lowest BCUT2D eigenvalue weighted by Gasteiger charge is -2.07. The van der Waals surface area contributed by atoms with E-state index < -0.39 is 0 Å². The average molecular weight is 491 g/mol. The van der Waals surface area contributed by atoms with Crippen LogP contribution in [0.15, 0.2) is 89.7 Å². The summed E-state index contributed by atoms with van der Waals surface area (Å²) in [6.45, 7) is 0.781. The number of tetrazole rings is 1. The van der Waals surface area contributed by atoms with Gasteiger partial charge in [0, 0.05) is 16.3 Å². The zero-order valence-electron chi connectivity index (χ0n) is 20.0. The molecule has 0 aliphatic heterocycles. The lowest BCUT2D eigenvalue weighted by molar-refractivity contribution is 0.301. The molecule has 0 atom stereocenters. The maximum absolute atomic E-state index is 12.6. The molecule has 0 fully saturated rings. The molecule has 0 aliphatic rings. The maximum Gasteiger partial charge on any atom is 0.259 e. The third kappa shape index (κ3) is 4.74. The molecular formula is C28H22N6O3. The fraction of sp³-hybridized carbons (Fsp3) is 0.107. The van der Waals surface area contributed by atoms with Crippen LogP contribution >= 0.6 is 0 Å². The van der Waals surface area contributed by atoms with Gasteiger partial charge in [-0.15, -0.1) is 10.2 Å². The molecule has 3 heterocycles. The number of aromatic nitrogens is 6. The number of methoxy groups -OCH3 is 1. The Balaban J connectivity index is 1.14. The Kier molecular flexibility index (Phi) is 5.78. The first-order valence-electron chi connectivity index (χ1n) is 11.7. The number of hydrogen-bond donors (Lipinski definition) is 1. The standard InChI is InChI=1S/C28H22N6O3/c1-36-23-12-13-26-20(14-23)15-24(28(35)30-26)27-31-33-34(32-27)16-18-6-10-22(11-7-18)37-17-21-9-8-19-4-2-3-5-25(19)29-21/h2-15H,16-17H2,1H3,(H,30,35). The quantitative estimate of drug-likeness (QED) is 0.354. The van der Waals surface area contributed by atoms with Gasteiger partial charge in [0.2, 0.25) is 5.82 Å². The minimum absolute atomic E-state index is 0.258. The molecule has 0 radical (unpaired) electrons. The second-order valence-corrected chi connectivity index (χ2v) is 8.54. The van der Waals surface area contributed by atoms with Crippen molar-refractivity contribution in [3.63, 3.8) is 0 Å². The number of rotatable bonds is 7. The van der Waals surface area contributed by atoms with Crippen LogP contribution in [0.25, 0.3) is 33.2 Å². The molecule has 0 aliphatic carbocycles. The average Bonchev–Trinajstić information content (AvgIpc) is 3.40. The monoisotopic (exact) mass is 490 g/mol. The van der Waals surface area contributed by atoms with E-state index in [1.165, 1.54) is 4.80 Å².